The van der Waals surface area contributed by atoms with E-state index in [4.69, 9.17) is 0 Å². The molecule has 3 aromatic rings. The molecule has 0 aliphatic heterocycles. The van der Waals surface area contributed by atoms with Crippen molar-refractivity contribution in [1.29, 1.82) is 0 Å². The Labute approximate surface area is 157 Å². The molecule has 0 spiro atoms. The van der Waals surface area contributed by atoms with Crippen LogP contribution in [0.2, 0.25) is 0 Å². The summed E-state index contributed by atoms with van der Waals surface area (Å²) in [5, 5.41) is 7.41. The highest BCUT2D eigenvalue weighted by Crippen LogP contribution is 2.28. The Morgan fingerprint density at radius 1 is 1.22 bits per heavy atom. The molecule has 7 heteroatoms. The van der Waals surface area contributed by atoms with Gasteiger partial charge in [-0.25, -0.2) is 14.1 Å². The van der Waals surface area contributed by atoms with Gasteiger partial charge in [-0.2, -0.15) is 5.10 Å². The van der Waals surface area contributed by atoms with Crippen molar-refractivity contribution >= 4 is 5.91 Å². The Kier molecular flexibility index (Phi) is 5.00. The third-order valence-corrected chi connectivity index (χ3v) is 4.91. The minimum Gasteiger partial charge on any atom is -0.351 e. The smallest absolute Gasteiger partial charge is 0.272 e. The number of hydrogen-bond acceptors (Lipinski definition) is 3. The number of carbonyl (C=O) groups is 1. The van der Waals surface area contributed by atoms with Gasteiger partial charge in [0.2, 0.25) is 0 Å². The van der Waals surface area contributed by atoms with Crippen LogP contribution < -0.4 is 5.32 Å². The molecule has 0 unspecified atom stereocenters. The van der Waals surface area contributed by atoms with Crippen LogP contribution in [0.1, 0.15) is 41.0 Å². The van der Waals surface area contributed by atoms with Crippen LogP contribution in [-0.2, 0) is 19.4 Å². The number of unbranched alkanes of at least 4 members (excludes halogenated alkanes) is 1. The molecule has 0 radical (unpaired) electrons. The van der Waals surface area contributed by atoms with E-state index in [1.807, 2.05) is 10.8 Å². The second-order valence-corrected chi connectivity index (χ2v) is 6.75. The standard InChI is InChI=1S/C20H22FN5O/c21-16-7-1-2-8-18(16)26-17-9-5-6-15(17)19(24-26)20(27)23-10-3-4-12-25-13-11-22-14-25/h1-2,7-8,11,13-14H,3-6,9-10,12H2,(H,23,27). The van der Waals surface area contributed by atoms with Gasteiger partial charge in [0.05, 0.1) is 6.33 Å². The highest BCUT2D eigenvalue weighted by Gasteiger charge is 2.27. The molecule has 4 rings (SSSR count). The van der Waals surface area contributed by atoms with Gasteiger partial charge >= 0.3 is 0 Å². The second kappa shape index (κ2) is 7.73. The summed E-state index contributed by atoms with van der Waals surface area (Å²) in [6.07, 6.45) is 9.90. The summed E-state index contributed by atoms with van der Waals surface area (Å²) < 4.78 is 17.8. The maximum absolute atomic E-state index is 14.2. The van der Waals surface area contributed by atoms with Gasteiger partial charge in [0.15, 0.2) is 5.69 Å². The average molecular weight is 367 g/mol. The van der Waals surface area contributed by atoms with Gasteiger partial charge in [-0.3, -0.25) is 4.79 Å². The van der Waals surface area contributed by atoms with Crippen molar-refractivity contribution in [3.05, 3.63) is 65.8 Å². The van der Waals surface area contributed by atoms with E-state index in [-0.39, 0.29) is 11.7 Å². The molecule has 1 aromatic carbocycles. The van der Waals surface area contributed by atoms with Gasteiger partial charge in [-0.1, -0.05) is 12.1 Å². The highest BCUT2D eigenvalue weighted by atomic mass is 19.1. The first-order valence-electron chi connectivity index (χ1n) is 9.33. The monoisotopic (exact) mass is 367 g/mol. The molecule has 27 heavy (non-hydrogen) atoms. The fraction of sp³-hybridized carbons (Fsp3) is 0.350. The summed E-state index contributed by atoms with van der Waals surface area (Å²) in [7, 11) is 0. The molecular weight excluding hydrogens is 345 g/mol. The molecule has 0 fully saturated rings. The van der Waals surface area contributed by atoms with E-state index < -0.39 is 0 Å². The SMILES string of the molecule is O=C(NCCCCn1ccnc1)c1nn(-c2ccccc2F)c2c1CCC2. The maximum atomic E-state index is 14.2. The van der Waals surface area contributed by atoms with E-state index >= 15 is 0 Å². The lowest BCUT2D eigenvalue weighted by Gasteiger charge is -2.06. The van der Waals surface area contributed by atoms with E-state index in [2.05, 4.69) is 15.4 Å². The third-order valence-electron chi connectivity index (χ3n) is 4.91. The van der Waals surface area contributed by atoms with Crippen molar-refractivity contribution < 1.29 is 9.18 Å². The Morgan fingerprint density at radius 3 is 2.93 bits per heavy atom. The van der Waals surface area contributed by atoms with Crippen LogP contribution in [0, 0.1) is 5.82 Å². The van der Waals surface area contributed by atoms with Crippen molar-refractivity contribution in [1.82, 2.24) is 24.6 Å². The Hall–Kier alpha value is -2.96. The normalized spacial score (nSPS) is 12.9. The number of para-hydroxylation sites is 1. The van der Waals surface area contributed by atoms with Crippen molar-refractivity contribution in [3.63, 3.8) is 0 Å². The molecule has 0 atom stereocenters. The fourth-order valence-electron chi connectivity index (χ4n) is 3.57. The van der Waals surface area contributed by atoms with Crippen LogP contribution >= 0.6 is 0 Å². The Balaban J connectivity index is 1.42. The first-order chi connectivity index (χ1) is 13.2. The first-order valence-corrected chi connectivity index (χ1v) is 9.33. The summed E-state index contributed by atoms with van der Waals surface area (Å²) in [6, 6.07) is 6.54. The number of carbonyl (C=O) groups excluding carboxylic acids is 1. The number of fused-ring (bicyclic) bond motifs is 1. The van der Waals surface area contributed by atoms with E-state index in [1.54, 1.807) is 35.4 Å². The van der Waals surface area contributed by atoms with E-state index in [9.17, 15) is 9.18 Å². The van der Waals surface area contributed by atoms with Crippen LogP contribution in [0.25, 0.3) is 5.69 Å². The number of benzene rings is 1. The lowest BCUT2D eigenvalue weighted by atomic mass is 10.2. The number of amides is 1. The molecule has 0 saturated heterocycles. The molecule has 2 aromatic heterocycles. The van der Waals surface area contributed by atoms with E-state index in [0.717, 1.165) is 49.9 Å². The minimum atomic E-state index is -0.332. The summed E-state index contributed by atoms with van der Waals surface area (Å²) in [5.74, 6) is -0.507. The Morgan fingerprint density at radius 2 is 2.11 bits per heavy atom. The van der Waals surface area contributed by atoms with Gasteiger partial charge < -0.3 is 9.88 Å². The van der Waals surface area contributed by atoms with Crippen molar-refractivity contribution in [3.8, 4) is 5.69 Å². The molecule has 140 valence electrons. The molecule has 2 heterocycles. The predicted molar refractivity (Wildman–Crippen MR) is 99.3 cm³/mol. The summed E-state index contributed by atoms with van der Waals surface area (Å²) in [6.45, 7) is 1.47. The molecule has 0 saturated carbocycles. The summed E-state index contributed by atoms with van der Waals surface area (Å²) in [4.78, 5) is 16.6. The van der Waals surface area contributed by atoms with Crippen LogP contribution in [0.15, 0.2) is 43.0 Å². The molecular formula is C20H22FN5O. The maximum Gasteiger partial charge on any atom is 0.272 e. The van der Waals surface area contributed by atoms with Crippen LogP contribution in [-0.4, -0.2) is 31.8 Å². The van der Waals surface area contributed by atoms with Crippen molar-refractivity contribution in [2.75, 3.05) is 6.54 Å². The number of aryl methyl sites for hydroxylation is 1. The van der Waals surface area contributed by atoms with Crippen molar-refractivity contribution in [2.24, 2.45) is 0 Å². The number of hydrogen-bond donors (Lipinski definition) is 1. The summed E-state index contributed by atoms with van der Waals surface area (Å²) in [5.41, 5.74) is 2.73. The van der Waals surface area contributed by atoms with Gasteiger partial charge in [0.1, 0.15) is 11.5 Å². The van der Waals surface area contributed by atoms with Gasteiger partial charge in [0, 0.05) is 36.7 Å². The topological polar surface area (TPSA) is 64.7 Å². The van der Waals surface area contributed by atoms with E-state index in [1.165, 1.54) is 6.07 Å². The molecule has 0 bridgehead atoms. The molecule has 1 amide bonds. The zero-order chi connectivity index (χ0) is 18.6. The molecule has 1 aliphatic carbocycles. The first kappa shape index (κ1) is 17.5. The molecule has 1 aliphatic rings. The molecule has 6 nitrogen and oxygen atoms in total. The second-order valence-electron chi connectivity index (χ2n) is 6.75. The van der Waals surface area contributed by atoms with E-state index in [0.29, 0.717) is 17.9 Å². The predicted octanol–water partition coefficient (Wildman–Crippen LogP) is 2.91. The number of nitrogens with zero attached hydrogens (tertiary/aromatic N) is 4. The minimum absolute atomic E-state index is 0.175. The lowest BCUT2D eigenvalue weighted by Crippen LogP contribution is -2.26. The number of aromatic nitrogens is 4. The highest BCUT2D eigenvalue weighted by molar-refractivity contribution is 5.94. The van der Waals surface area contributed by atoms with Crippen molar-refractivity contribution in [2.45, 2.75) is 38.6 Å². The largest absolute Gasteiger partial charge is 0.351 e. The number of halogens is 1. The quantitative estimate of drug-likeness (QED) is 0.653. The zero-order valence-electron chi connectivity index (χ0n) is 15.1. The third kappa shape index (κ3) is 3.63. The summed E-state index contributed by atoms with van der Waals surface area (Å²) >= 11 is 0. The number of imidazole rings is 1. The fourth-order valence-corrected chi connectivity index (χ4v) is 3.57. The number of rotatable bonds is 7. The van der Waals surface area contributed by atoms with Crippen LogP contribution in [0.5, 0.6) is 0 Å². The number of nitrogens with one attached hydrogen (secondary N) is 1. The molecule has 1 N–H and O–H groups in total. The van der Waals surface area contributed by atoms with Gasteiger partial charge in [0.25, 0.3) is 5.91 Å². The Bertz CT molecular complexity index is 932. The van der Waals surface area contributed by atoms with Gasteiger partial charge in [-0.15, -0.1) is 0 Å². The van der Waals surface area contributed by atoms with Crippen LogP contribution in [0.3, 0.4) is 0 Å². The van der Waals surface area contributed by atoms with Gasteiger partial charge in [-0.05, 0) is 44.2 Å². The zero-order valence-corrected chi connectivity index (χ0v) is 15.1. The average Bonchev–Trinajstić information content (AvgIpc) is 3.40. The van der Waals surface area contributed by atoms with Crippen LogP contribution in [0.4, 0.5) is 4.39 Å². The lowest BCUT2D eigenvalue weighted by molar-refractivity contribution is 0.0946.